The molecule has 0 N–H and O–H groups in total. The smallest absolute Gasteiger partial charge is 0.000118 e. The van der Waals surface area contributed by atoms with Crippen LogP contribution in [0.15, 0.2) is 30.3 Å². The topological polar surface area (TPSA) is 0 Å². The Hall–Kier alpha value is -1.04. The molecule has 0 saturated heterocycles. The number of fused-ring (bicyclic) bond motifs is 1. The summed E-state index contributed by atoms with van der Waals surface area (Å²) in [5.41, 5.74) is 2.84. The lowest BCUT2D eigenvalue weighted by Crippen LogP contribution is -1.84. The molecule has 0 spiro atoms. The lowest BCUT2D eigenvalue weighted by Gasteiger charge is -2.01. The molecule has 0 bridgehead atoms. The van der Waals surface area contributed by atoms with Crippen LogP contribution in [0, 0.1) is 0 Å². The van der Waals surface area contributed by atoms with Gasteiger partial charge in [-0.05, 0) is 17.0 Å². The van der Waals surface area contributed by atoms with Crippen molar-refractivity contribution >= 4 is 6.08 Å². The average Bonchev–Trinajstić information content (AvgIpc) is 2.34. The third kappa shape index (κ3) is 0.688. The lowest BCUT2D eigenvalue weighted by molar-refractivity contribution is 0.990. The van der Waals surface area contributed by atoms with Gasteiger partial charge in [-0.1, -0.05) is 43.3 Å². The molecule has 0 radical (unpaired) electrons. The Morgan fingerprint density at radius 2 is 2.00 bits per heavy atom. The van der Waals surface area contributed by atoms with Crippen molar-refractivity contribution in [2.45, 2.75) is 12.8 Å². The minimum absolute atomic E-state index is 0.621. The summed E-state index contributed by atoms with van der Waals surface area (Å²) in [7, 11) is 0. The monoisotopic (exact) mass is 130 g/mol. The van der Waals surface area contributed by atoms with Crippen LogP contribution in [-0.4, -0.2) is 0 Å². The Kier molecular flexibility index (Phi) is 1.13. The molecule has 1 aliphatic rings. The third-order valence-corrected chi connectivity index (χ3v) is 2.05. The van der Waals surface area contributed by atoms with Crippen molar-refractivity contribution in [1.29, 1.82) is 0 Å². The zero-order valence-corrected chi connectivity index (χ0v) is 6.04. The first-order chi connectivity index (χ1) is 4.88. The first kappa shape index (κ1) is 5.72. The molecule has 0 unspecified atom stereocenters. The molecule has 10 heavy (non-hydrogen) atoms. The van der Waals surface area contributed by atoms with Gasteiger partial charge in [-0.3, -0.25) is 0 Å². The Labute approximate surface area is 61.2 Å². The molecule has 0 nitrogen and oxygen atoms in total. The number of rotatable bonds is 0. The van der Waals surface area contributed by atoms with E-state index < -0.39 is 0 Å². The van der Waals surface area contributed by atoms with E-state index in [1.54, 1.807) is 0 Å². The highest BCUT2D eigenvalue weighted by atomic mass is 14.1. The largest absolute Gasteiger partial charge is 0.0767 e. The van der Waals surface area contributed by atoms with E-state index in [2.05, 4.69) is 43.3 Å². The van der Waals surface area contributed by atoms with Crippen molar-refractivity contribution in [2.24, 2.45) is 0 Å². The molecule has 1 aliphatic carbocycles. The summed E-state index contributed by atoms with van der Waals surface area (Å²) in [5.74, 6) is 0.621. The van der Waals surface area contributed by atoms with Gasteiger partial charge in [-0.2, -0.15) is 0 Å². The summed E-state index contributed by atoms with van der Waals surface area (Å²) in [4.78, 5) is 0. The Balaban J connectivity index is 2.59. The number of benzene rings is 1. The molecule has 2 rings (SSSR count). The van der Waals surface area contributed by atoms with Crippen molar-refractivity contribution < 1.29 is 0 Å². The van der Waals surface area contributed by atoms with Crippen LogP contribution in [0.5, 0.6) is 0 Å². The number of allylic oxidation sites excluding steroid dienone is 1. The predicted molar refractivity (Wildman–Crippen MR) is 43.9 cm³/mol. The summed E-state index contributed by atoms with van der Waals surface area (Å²) >= 11 is 0. The van der Waals surface area contributed by atoms with Crippen LogP contribution in [0.4, 0.5) is 0 Å². The summed E-state index contributed by atoms with van der Waals surface area (Å²) in [5, 5.41) is 0. The molecule has 0 amide bonds. The second kappa shape index (κ2) is 1.98. The minimum atomic E-state index is 0.621. The number of hydrogen-bond acceptors (Lipinski definition) is 0. The van der Waals surface area contributed by atoms with Gasteiger partial charge in [0, 0.05) is 0 Å². The van der Waals surface area contributed by atoms with Crippen LogP contribution in [0.1, 0.15) is 24.0 Å². The molecule has 0 heterocycles. The highest BCUT2D eigenvalue weighted by molar-refractivity contribution is 5.61. The quantitative estimate of drug-likeness (QED) is 0.506. The predicted octanol–water partition coefficient (Wildman–Crippen LogP) is 2.82. The van der Waals surface area contributed by atoms with Gasteiger partial charge in [0.2, 0.25) is 0 Å². The first-order valence-electron chi connectivity index (χ1n) is 3.65. The number of hydrogen-bond donors (Lipinski definition) is 0. The second-order valence-corrected chi connectivity index (χ2v) is 2.78. The van der Waals surface area contributed by atoms with Gasteiger partial charge in [-0.15, -0.1) is 0 Å². The maximum atomic E-state index is 2.24. The van der Waals surface area contributed by atoms with E-state index in [0.29, 0.717) is 5.92 Å². The van der Waals surface area contributed by atoms with Gasteiger partial charge < -0.3 is 0 Å². The molecule has 50 valence electrons. The maximum absolute atomic E-state index is 2.24. The Morgan fingerprint density at radius 3 is 2.80 bits per heavy atom. The van der Waals surface area contributed by atoms with Crippen LogP contribution in [0.2, 0.25) is 0 Å². The van der Waals surface area contributed by atoms with Crippen LogP contribution in [0.25, 0.3) is 6.08 Å². The summed E-state index contributed by atoms with van der Waals surface area (Å²) < 4.78 is 0. The van der Waals surface area contributed by atoms with Crippen LogP contribution >= 0.6 is 0 Å². The van der Waals surface area contributed by atoms with E-state index in [1.165, 1.54) is 11.1 Å². The molecule has 0 heteroatoms. The third-order valence-electron chi connectivity index (χ3n) is 2.05. The van der Waals surface area contributed by atoms with Gasteiger partial charge >= 0.3 is 0 Å². The van der Waals surface area contributed by atoms with Crippen LogP contribution in [-0.2, 0) is 0 Å². The summed E-state index contributed by atoms with van der Waals surface area (Å²) in [6, 6.07) is 8.54. The zero-order chi connectivity index (χ0) is 6.97. The van der Waals surface area contributed by atoms with Gasteiger partial charge in [0.05, 0.1) is 0 Å². The normalized spacial score (nSPS) is 21.1. The Morgan fingerprint density at radius 1 is 1.20 bits per heavy atom. The van der Waals surface area contributed by atoms with Crippen molar-refractivity contribution in [3.63, 3.8) is 0 Å². The van der Waals surface area contributed by atoms with Crippen LogP contribution in [0.3, 0.4) is 0 Å². The average molecular weight is 130 g/mol. The fourth-order valence-corrected chi connectivity index (χ4v) is 1.43. The fourth-order valence-electron chi connectivity index (χ4n) is 1.43. The van der Waals surface area contributed by atoms with Crippen molar-refractivity contribution in [3.8, 4) is 0 Å². The molecule has 1 aromatic rings. The van der Waals surface area contributed by atoms with Gasteiger partial charge in [-0.25, -0.2) is 0 Å². The molecular weight excluding hydrogens is 120 g/mol. The van der Waals surface area contributed by atoms with E-state index in [-0.39, 0.29) is 0 Å². The SMILES string of the molecule is C[C@H]1C=Cc2ccccc21. The minimum Gasteiger partial charge on any atom is -0.0767 e. The van der Waals surface area contributed by atoms with Gasteiger partial charge in [0.25, 0.3) is 0 Å². The Bertz CT molecular complexity index is 271. The molecule has 0 aliphatic heterocycles. The fraction of sp³-hybridized carbons (Fsp3) is 0.200. The molecular formula is C10H10. The van der Waals surface area contributed by atoms with E-state index in [4.69, 9.17) is 0 Å². The molecule has 0 fully saturated rings. The second-order valence-electron chi connectivity index (χ2n) is 2.78. The van der Waals surface area contributed by atoms with Gasteiger partial charge in [0.15, 0.2) is 0 Å². The molecule has 1 aromatic carbocycles. The molecule has 0 aromatic heterocycles. The maximum Gasteiger partial charge on any atom is -0.000118 e. The van der Waals surface area contributed by atoms with Crippen molar-refractivity contribution in [2.75, 3.05) is 0 Å². The highest BCUT2D eigenvalue weighted by Crippen LogP contribution is 2.28. The highest BCUT2D eigenvalue weighted by Gasteiger charge is 2.09. The van der Waals surface area contributed by atoms with Gasteiger partial charge in [0.1, 0.15) is 0 Å². The molecule has 0 saturated carbocycles. The van der Waals surface area contributed by atoms with E-state index in [1.807, 2.05) is 0 Å². The standard InChI is InChI=1S/C10H10/c1-8-6-7-9-4-2-3-5-10(8)9/h2-8H,1H3/t8-/m0/s1. The van der Waals surface area contributed by atoms with E-state index in [9.17, 15) is 0 Å². The summed E-state index contributed by atoms with van der Waals surface area (Å²) in [6.07, 6.45) is 4.44. The van der Waals surface area contributed by atoms with E-state index >= 15 is 0 Å². The first-order valence-corrected chi connectivity index (χ1v) is 3.65. The molecule has 1 atom stereocenters. The van der Waals surface area contributed by atoms with Crippen LogP contribution < -0.4 is 0 Å². The van der Waals surface area contributed by atoms with E-state index in [0.717, 1.165) is 0 Å². The summed E-state index contributed by atoms with van der Waals surface area (Å²) in [6.45, 7) is 2.22. The van der Waals surface area contributed by atoms with Crippen molar-refractivity contribution in [3.05, 3.63) is 41.5 Å². The zero-order valence-electron chi connectivity index (χ0n) is 6.04. The lowest BCUT2D eigenvalue weighted by atomic mass is 10.0. The van der Waals surface area contributed by atoms with Crippen molar-refractivity contribution in [1.82, 2.24) is 0 Å².